The Morgan fingerprint density at radius 2 is 1.17 bits per heavy atom. The molecule has 328 valence electrons. The number of nitrogens with one attached hydrogen (secondary N) is 5. The number of benzene rings is 2. The molecule has 2 aromatic rings. The van der Waals surface area contributed by atoms with Gasteiger partial charge in [0.15, 0.2) is 0 Å². The van der Waals surface area contributed by atoms with Crippen LogP contribution in [0.1, 0.15) is 95.1 Å². The molecule has 17 nitrogen and oxygen atoms in total. The Balaban J connectivity index is 2.07. The maximum Gasteiger partial charge on any atom is 0.327 e. The molecular formula is C42H58N6O11S. The summed E-state index contributed by atoms with van der Waals surface area (Å²) in [5.41, 5.74) is 6.90. The summed E-state index contributed by atoms with van der Waals surface area (Å²) < 4.78 is 0. The van der Waals surface area contributed by atoms with E-state index in [2.05, 4.69) is 39.2 Å². The van der Waals surface area contributed by atoms with E-state index in [-0.39, 0.29) is 18.1 Å². The first-order valence-electron chi connectivity index (χ1n) is 20.2. The SMILES string of the molecule is CC[C@H](C)[C@H](NC(=O)[C@@H](NC(=O)[C@H](CCC(=O)O)NC(=O)[C@@H](N)CC(=O)O)C(c1ccccc1)c1ccccc1)C(=O)N[C@@H](CC1CCCCC1)C(=O)N[C@@H](CS)C(=O)O. The number of rotatable bonds is 24. The highest BCUT2D eigenvalue weighted by Crippen LogP contribution is 2.30. The number of thiol groups is 1. The Morgan fingerprint density at radius 1 is 0.667 bits per heavy atom. The second kappa shape index (κ2) is 24.6. The molecule has 0 bridgehead atoms. The maximum atomic E-state index is 14.8. The lowest BCUT2D eigenvalue weighted by Gasteiger charge is -2.33. The first-order valence-corrected chi connectivity index (χ1v) is 20.8. The third-order valence-corrected chi connectivity index (χ3v) is 11.1. The Labute approximate surface area is 354 Å². The molecule has 60 heavy (non-hydrogen) atoms. The fraction of sp³-hybridized carbons (Fsp3) is 0.524. The van der Waals surface area contributed by atoms with Crippen LogP contribution in [-0.2, 0) is 38.4 Å². The molecule has 0 saturated heterocycles. The van der Waals surface area contributed by atoms with Crippen LogP contribution < -0.4 is 32.3 Å². The average molecular weight is 855 g/mol. The molecule has 5 amide bonds. The van der Waals surface area contributed by atoms with Crippen LogP contribution in [0, 0.1) is 11.8 Å². The van der Waals surface area contributed by atoms with Gasteiger partial charge in [0.1, 0.15) is 30.2 Å². The lowest BCUT2D eigenvalue weighted by Crippen LogP contribution is -2.61. The summed E-state index contributed by atoms with van der Waals surface area (Å²) in [5.74, 6) is -9.78. The van der Waals surface area contributed by atoms with Crippen molar-refractivity contribution in [3.05, 3.63) is 71.8 Å². The number of carboxylic acids is 3. The van der Waals surface area contributed by atoms with Crippen molar-refractivity contribution in [2.24, 2.45) is 17.6 Å². The monoisotopic (exact) mass is 854 g/mol. The van der Waals surface area contributed by atoms with E-state index < -0.39 is 115 Å². The normalized spacial score (nSPS) is 16.4. The molecule has 7 atom stereocenters. The summed E-state index contributed by atoms with van der Waals surface area (Å²) in [7, 11) is 0. The molecule has 0 aliphatic heterocycles. The number of carbonyl (C=O) groups is 8. The fourth-order valence-corrected chi connectivity index (χ4v) is 7.45. The molecule has 2 aromatic carbocycles. The third-order valence-electron chi connectivity index (χ3n) is 10.8. The predicted octanol–water partition coefficient (Wildman–Crippen LogP) is 1.94. The number of carbonyl (C=O) groups excluding carboxylic acids is 5. The number of nitrogens with two attached hydrogens (primary N) is 1. The van der Waals surface area contributed by atoms with E-state index in [9.17, 15) is 48.6 Å². The molecule has 1 aliphatic carbocycles. The average Bonchev–Trinajstić information content (AvgIpc) is 3.22. The van der Waals surface area contributed by atoms with Gasteiger partial charge in [-0.3, -0.25) is 33.6 Å². The van der Waals surface area contributed by atoms with Gasteiger partial charge in [-0.1, -0.05) is 113 Å². The first-order chi connectivity index (χ1) is 28.6. The van der Waals surface area contributed by atoms with Gasteiger partial charge in [-0.2, -0.15) is 12.6 Å². The largest absolute Gasteiger partial charge is 0.481 e. The highest BCUT2D eigenvalue weighted by molar-refractivity contribution is 7.80. The third kappa shape index (κ3) is 15.3. The van der Waals surface area contributed by atoms with Crippen LogP contribution in [-0.4, -0.2) is 105 Å². The summed E-state index contributed by atoms with van der Waals surface area (Å²) in [4.78, 5) is 104. The van der Waals surface area contributed by atoms with Gasteiger partial charge in [0.2, 0.25) is 29.5 Å². The van der Waals surface area contributed by atoms with Gasteiger partial charge in [0.25, 0.3) is 0 Å². The molecular weight excluding hydrogens is 797 g/mol. The Kier molecular flexibility index (Phi) is 20.0. The van der Waals surface area contributed by atoms with Crippen molar-refractivity contribution in [1.82, 2.24) is 26.6 Å². The summed E-state index contributed by atoms with van der Waals surface area (Å²) in [6, 6.07) is 9.02. The van der Waals surface area contributed by atoms with E-state index in [0.29, 0.717) is 17.5 Å². The zero-order chi connectivity index (χ0) is 44.4. The van der Waals surface area contributed by atoms with E-state index in [1.807, 2.05) is 0 Å². The summed E-state index contributed by atoms with van der Waals surface area (Å²) >= 11 is 4.06. The standard InChI is InChI=1S/C42H58N6O11S/c1-3-24(2)35(40(56)45-30(21-25-13-7-4-8-14-25)39(55)46-31(23-60)42(58)59)47-41(57)36(34(26-15-9-5-10-16-26)27-17-11-6-12-18-27)48-38(54)29(19-20-32(49)50)44-37(53)28(43)22-33(51)52/h5-6,9-12,15-18,24-25,28-31,34-36,60H,3-4,7-8,13-14,19-23,43H2,1-2H3,(H,44,53)(H,45,56)(H,46,55)(H,47,57)(H,48,54)(H,49,50)(H,51,52)(H,58,59)/t24-,28-,29-,30-,31-,35-,36-/m0/s1. The number of hydrogen-bond donors (Lipinski definition) is 10. The van der Waals surface area contributed by atoms with Crippen LogP contribution in [0.15, 0.2) is 60.7 Å². The van der Waals surface area contributed by atoms with E-state index in [1.165, 1.54) is 0 Å². The molecule has 10 N–H and O–H groups in total. The topological polar surface area (TPSA) is 283 Å². The van der Waals surface area contributed by atoms with Crippen LogP contribution in [0.25, 0.3) is 0 Å². The smallest absolute Gasteiger partial charge is 0.327 e. The lowest BCUT2D eigenvalue weighted by molar-refractivity contribution is -0.142. The predicted molar refractivity (Wildman–Crippen MR) is 224 cm³/mol. The molecule has 1 aliphatic rings. The highest BCUT2D eigenvalue weighted by Gasteiger charge is 2.39. The van der Waals surface area contributed by atoms with Crippen molar-refractivity contribution in [2.45, 2.75) is 120 Å². The van der Waals surface area contributed by atoms with E-state index in [1.54, 1.807) is 74.5 Å². The van der Waals surface area contributed by atoms with Crippen molar-refractivity contribution >= 4 is 60.1 Å². The molecule has 0 heterocycles. The van der Waals surface area contributed by atoms with Crippen LogP contribution >= 0.6 is 12.6 Å². The van der Waals surface area contributed by atoms with Crippen LogP contribution in [0.5, 0.6) is 0 Å². The minimum atomic E-state index is -1.57. The van der Waals surface area contributed by atoms with Crippen LogP contribution in [0.2, 0.25) is 0 Å². The molecule has 0 spiro atoms. The quantitative estimate of drug-likeness (QED) is 0.0679. The van der Waals surface area contributed by atoms with Gasteiger partial charge in [-0.05, 0) is 35.8 Å². The molecule has 0 unspecified atom stereocenters. The summed E-state index contributed by atoms with van der Waals surface area (Å²) in [5, 5.41) is 41.3. The number of hydrogen-bond acceptors (Lipinski definition) is 10. The first kappa shape index (κ1) is 48.9. The zero-order valence-corrected chi connectivity index (χ0v) is 34.8. The van der Waals surface area contributed by atoms with Gasteiger partial charge < -0.3 is 47.6 Å². The molecule has 0 radical (unpaired) electrons. The molecule has 3 rings (SSSR count). The number of carboxylic acid groups (broad SMARTS) is 3. The Morgan fingerprint density at radius 3 is 1.67 bits per heavy atom. The van der Waals surface area contributed by atoms with Crippen molar-refractivity contribution in [3.8, 4) is 0 Å². The number of amides is 5. The van der Waals surface area contributed by atoms with E-state index in [4.69, 9.17) is 10.8 Å². The molecule has 18 heteroatoms. The van der Waals surface area contributed by atoms with Gasteiger partial charge in [0.05, 0.1) is 12.5 Å². The van der Waals surface area contributed by atoms with Crippen molar-refractivity contribution in [3.63, 3.8) is 0 Å². The lowest BCUT2D eigenvalue weighted by atomic mass is 9.83. The summed E-state index contributed by atoms with van der Waals surface area (Å²) in [6.45, 7) is 3.52. The van der Waals surface area contributed by atoms with E-state index in [0.717, 1.165) is 32.1 Å². The minimum Gasteiger partial charge on any atom is -0.481 e. The molecule has 1 saturated carbocycles. The minimum absolute atomic E-state index is 0.0797. The second-order valence-electron chi connectivity index (χ2n) is 15.2. The van der Waals surface area contributed by atoms with Crippen molar-refractivity contribution in [2.75, 3.05) is 5.75 Å². The fourth-order valence-electron chi connectivity index (χ4n) is 7.20. The van der Waals surface area contributed by atoms with Gasteiger partial charge in [-0.15, -0.1) is 0 Å². The van der Waals surface area contributed by atoms with Crippen molar-refractivity contribution in [1.29, 1.82) is 0 Å². The van der Waals surface area contributed by atoms with Gasteiger partial charge >= 0.3 is 17.9 Å². The summed E-state index contributed by atoms with van der Waals surface area (Å²) in [6.07, 6.45) is 3.39. The molecule has 0 aromatic heterocycles. The highest BCUT2D eigenvalue weighted by atomic mass is 32.1. The van der Waals surface area contributed by atoms with Gasteiger partial charge in [-0.25, -0.2) is 4.79 Å². The zero-order valence-electron chi connectivity index (χ0n) is 33.9. The van der Waals surface area contributed by atoms with Gasteiger partial charge in [0, 0.05) is 18.1 Å². The number of aliphatic carboxylic acids is 3. The van der Waals surface area contributed by atoms with E-state index >= 15 is 0 Å². The molecule has 1 fully saturated rings. The Hall–Kier alpha value is -5.49. The maximum absolute atomic E-state index is 14.8. The van der Waals surface area contributed by atoms with Crippen molar-refractivity contribution < 1.29 is 53.7 Å². The van der Waals surface area contributed by atoms with Crippen LogP contribution in [0.4, 0.5) is 0 Å². The Bertz CT molecular complexity index is 1740. The van der Waals surface area contributed by atoms with Crippen LogP contribution in [0.3, 0.4) is 0 Å². The second-order valence-corrected chi connectivity index (χ2v) is 15.6.